The average Bonchev–Trinajstić information content (AvgIpc) is 2.41. The highest BCUT2D eigenvalue weighted by atomic mass is 32.2. The van der Waals surface area contributed by atoms with E-state index in [2.05, 4.69) is 41.2 Å². The molecular weight excluding hydrogens is 254 g/mol. The summed E-state index contributed by atoms with van der Waals surface area (Å²) in [6, 6.07) is 10.6. The number of rotatable bonds is 5. The quantitative estimate of drug-likeness (QED) is 0.850. The van der Waals surface area contributed by atoms with Gasteiger partial charge in [-0.15, -0.1) is 0 Å². The maximum Gasteiger partial charge on any atom is 0.192 e. The monoisotopic (exact) mass is 273 g/mol. The lowest BCUT2D eigenvalue weighted by molar-refractivity contribution is 0.646. The van der Waals surface area contributed by atoms with E-state index in [0.717, 1.165) is 28.6 Å². The van der Waals surface area contributed by atoms with E-state index < -0.39 is 0 Å². The Labute approximate surface area is 118 Å². The number of hydrogen-bond donors (Lipinski definition) is 1. The number of aryl methyl sites for hydroxylation is 1. The zero-order valence-corrected chi connectivity index (χ0v) is 12.2. The van der Waals surface area contributed by atoms with Crippen LogP contribution in [0.25, 0.3) is 0 Å². The van der Waals surface area contributed by atoms with Crippen LogP contribution in [0.1, 0.15) is 24.6 Å². The Balaban J connectivity index is 2.02. The normalized spacial score (nSPS) is 12.4. The highest BCUT2D eigenvalue weighted by Crippen LogP contribution is 2.24. The van der Waals surface area contributed by atoms with Crippen LogP contribution in [0, 0.1) is 6.92 Å². The van der Waals surface area contributed by atoms with Gasteiger partial charge in [0.1, 0.15) is 0 Å². The smallest absolute Gasteiger partial charge is 0.192 e. The van der Waals surface area contributed by atoms with Crippen LogP contribution in [0.3, 0.4) is 0 Å². The fourth-order valence-corrected chi connectivity index (χ4v) is 2.51. The molecule has 1 unspecified atom stereocenters. The first-order valence-electron chi connectivity index (χ1n) is 6.49. The molecule has 0 spiro atoms. The van der Waals surface area contributed by atoms with Crippen molar-refractivity contribution in [2.24, 2.45) is 5.73 Å². The van der Waals surface area contributed by atoms with E-state index in [4.69, 9.17) is 5.73 Å². The molecule has 2 rings (SSSR count). The van der Waals surface area contributed by atoms with Crippen LogP contribution in [0.5, 0.6) is 0 Å². The molecule has 2 N–H and O–H groups in total. The van der Waals surface area contributed by atoms with Crippen molar-refractivity contribution < 1.29 is 0 Å². The fourth-order valence-electron chi connectivity index (χ4n) is 1.72. The minimum Gasteiger partial charge on any atom is -0.327 e. The van der Waals surface area contributed by atoms with Crippen LogP contribution in [0.15, 0.2) is 46.6 Å². The van der Waals surface area contributed by atoms with Gasteiger partial charge in [-0.3, -0.25) is 0 Å². The molecule has 0 aliphatic rings. The Kier molecular flexibility index (Phi) is 4.93. The topological polar surface area (TPSA) is 51.8 Å². The molecule has 1 aromatic carbocycles. The minimum absolute atomic E-state index is 0.249. The largest absolute Gasteiger partial charge is 0.327 e. The highest BCUT2D eigenvalue weighted by Gasteiger charge is 2.03. The van der Waals surface area contributed by atoms with Gasteiger partial charge >= 0.3 is 0 Å². The van der Waals surface area contributed by atoms with Crippen LogP contribution in [-0.2, 0) is 6.42 Å². The van der Waals surface area contributed by atoms with E-state index in [1.807, 2.05) is 13.0 Å². The van der Waals surface area contributed by atoms with Crippen molar-refractivity contribution in [3.63, 3.8) is 0 Å². The lowest BCUT2D eigenvalue weighted by Gasteiger charge is -2.09. The van der Waals surface area contributed by atoms with E-state index >= 15 is 0 Å². The van der Waals surface area contributed by atoms with Gasteiger partial charge in [0.25, 0.3) is 0 Å². The second kappa shape index (κ2) is 6.68. The van der Waals surface area contributed by atoms with Crippen molar-refractivity contribution in [3.8, 4) is 0 Å². The van der Waals surface area contributed by atoms with Crippen molar-refractivity contribution in [1.82, 2.24) is 9.97 Å². The van der Waals surface area contributed by atoms with Gasteiger partial charge in [0.15, 0.2) is 5.16 Å². The first kappa shape index (κ1) is 14.0. The Morgan fingerprint density at radius 2 is 1.95 bits per heavy atom. The van der Waals surface area contributed by atoms with Gasteiger partial charge in [-0.05, 0) is 55.3 Å². The van der Waals surface area contributed by atoms with Crippen LogP contribution in [-0.4, -0.2) is 16.0 Å². The van der Waals surface area contributed by atoms with Crippen molar-refractivity contribution in [2.45, 2.75) is 42.8 Å². The lowest BCUT2D eigenvalue weighted by atomic mass is 10.1. The maximum absolute atomic E-state index is 5.96. The van der Waals surface area contributed by atoms with Gasteiger partial charge in [0, 0.05) is 22.8 Å². The van der Waals surface area contributed by atoms with Crippen molar-refractivity contribution in [2.75, 3.05) is 0 Å². The molecule has 100 valence electrons. The summed E-state index contributed by atoms with van der Waals surface area (Å²) in [5.74, 6) is 0. The predicted octanol–water partition coefficient (Wildman–Crippen LogP) is 3.22. The number of nitrogens with zero attached hydrogens (tertiary/aromatic N) is 2. The standard InChI is InChI=1S/C15H19N3S/c1-3-13(16)10-12-4-6-14(7-5-12)19-15-17-9-8-11(2)18-15/h4-9,13H,3,10,16H2,1-2H3. The predicted molar refractivity (Wildman–Crippen MR) is 79.3 cm³/mol. The number of benzene rings is 1. The Hall–Kier alpha value is -1.39. The minimum atomic E-state index is 0.249. The highest BCUT2D eigenvalue weighted by molar-refractivity contribution is 7.99. The molecule has 3 nitrogen and oxygen atoms in total. The second-order valence-corrected chi connectivity index (χ2v) is 5.64. The molecule has 2 aromatic rings. The summed E-state index contributed by atoms with van der Waals surface area (Å²) >= 11 is 1.58. The van der Waals surface area contributed by atoms with Gasteiger partial charge in [0.2, 0.25) is 0 Å². The zero-order valence-electron chi connectivity index (χ0n) is 11.3. The molecular formula is C15H19N3S. The molecule has 0 aliphatic heterocycles. The number of aromatic nitrogens is 2. The Morgan fingerprint density at radius 3 is 2.58 bits per heavy atom. The summed E-state index contributed by atoms with van der Waals surface area (Å²) in [6.07, 6.45) is 3.73. The summed E-state index contributed by atoms with van der Waals surface area (Å²) in [5, 5.41) is 0.790. The van der Waals surface area contributed by atoms with Crippen molar-refractivity contribution in [3.05, 3.63) is 47.8 Å². The van der Waals surface area contributed by atoms with Gasteiger partial charge in [-0.2, -0.15) is 0 Å². The molecule has 0 fully saturated rings. The fraction of sp³-hybridized carbons (Fsp3) is 0.333. The van der Waals surface area contributed by atoms with Crippen LogP contribution >= 0.6 is 11.8 Å². The molecule has 0 bridgehead atoms. The molecule has 0 radical (unpaired) electrons. The average molecular weight is 273 g/mol. The second-order valence-electron chi connectivity index (χ2n) is 4.60. The molecule has 0 amide bonds. The summed E-state index contributed by atoms with van der Waals surface area (Å²) in [5.41, 5.74) is 8.23. The summed E-state index contributed by atoms with van der Waals surface area (Å²) in [6.45, 7) is 4.09. The zero-order chi connectivity index (χ0) is 13.7. The Bertz CT molecular complexity index is 525. The molecule has 19 heavy (non-hydrogen) atoms. The van der Waals surface area contributed by atoms with Crippen LogP contribution in [0.4, 0.5) is 0 Å². The summed E-state index contributed by atoms with van der Waals surface area (Å²) < 4.78 is 0. The molecule has 0 saturated carbocycles. The third-order valence-electron chi connectivity index (χ3n) is 2.93. The summed E-state index contributed by atoms with van der Waals surface area (Å²) in [7, 11) is 0. The van der Waals surface area contributed by atoms with E-state index in [1.165, 1.54) is 5.56 Å². The van der Waals surface area contributed by atoms with Crippen LogP contribution in [0.2, 0.25) is 0 Å². The molecule has 1 atom stereocenters. The van der Waals surface area contributed by atoms with Crippen molar-refractivity contribution >= 4 is 11.8 Å². The molecule has 1 aromatic heterocycles. The lowest BCUT2D eigenvalue weighted by Crippen LogP contribution is -2.21. The van der Waals surface area contributed by atoms with E-state index in [-0.39, 0.29) is 6.04 Å². The molecule has 4 heteroatoms. The Morgan fingerprint density at radius 1 is 1.21 bits per heavy atom. The third-order valence-corrected chi connectivity index (χ3v) is 3.81. The number of nitrogens with two attached hydrogens (primary N) is 1. The van der Waals surface area contributed by atoms with Crippen molar-refractivity contribution in [1.29, 1.82) is 0 Å². The molecule has 1 heterocycles. The van der Waals surface area contributed by atoms with Gasteiger partial charge in [-0.1, -0.05) is 19.1 Å². The van der Waals surface area contributed by atoms with Gasteiger partial charge in [-0.25, -0.2) is 9.97 Å². The van der Waals surface area contributed by atoms with E-state index in [9.17, 15) is 0 Å². The van der Waals surface area contributed by atoms with E-state index in [1.54, 1.807) is 18.0 Å². The van der Waals surface area contributed by atoms with Gasteiger partial charge < -0.3 is 5.73 Å². The first-order valence-corrected chi connectivity index (χ1v) is 7.31. The maximum atomic E-state index is 5.96. The van der Waals surface area contributed by atoms with E-state index in [0.29, 0.717) is 0 Å². The van der Waals surface area contributed by atoms with Gasteiger partial charge in [0.05, 0.1) is 0 Å². The third kappa shape index (κ3) is 4.33. The van der Waals surface area contributed by atoms with Crippen LogP contribution < -0.4 is 5.73 Å². The molecule has 0 saturated heterocycles. The number of hydrogen-bond acceptors (Lipinski definition) is 4. The summed E-state index contributed by atoms with van der Waals surface area (Å²) in [4.78, 5) is 9.79. The SMILES string of the molecule is CCC(N)Cc1ccc(Sc2nccc(C)n2)cc1. The first-order chi connectivity index (χ1) is 9.17. The molecule has 0 aliphatic carbocycles.